The molecule has 2 aliphatic rings. The summed E-state index contributed by atoms with van der Waals surface area (Å²) in [5.74, 6) is -4.51. The topological polar surface area (TPSA) is 111 Å². The van der Waals surface area contributed by atoms with E-state index in [4.69, 9.17) is 19.8 Å². The van der Waals surface area contributed by atoms with Gasteiger partial charge in [-0.2, -0.15) is 37.7 Å². The fraction of sp³-hybridized carbons (Fsp3) is 0.500. The maximum absolute atomic E-state index is 12.6. The molecule has 2 atom stereocenters. The van der Waals surface area contributed by atoms with Crippen LogP contribution in [0.3, 0.4) is 0 Å². The number of aliphatic carboxylic acids is 2. The highest BCUT2D eigenvalue weighted by Gasteiger charge is 2.46. The van der Waals surface area contributed by atoms with Gasteiger partial charge in [0.05, 0.1) is 23.2 Å². The molecule has 0 aromatic carbocycles. The van der Waals surface area contributed by atoms with Crippen molar-refractivity contribution in [2.24, 2.45) is 11.8 Å². The summed E-state index contributed by atoms with van der Waals surface area (Å²) in [7, 11) is 0. The van der Waals surface area contributed by atoms with Crippen LogP contribution in [-0.2, 0) is 27.5 Å². The first-order valence-electron chi connectivity index (χ1n) is 10.1. The minimum absolute atomic E-state index is 0.193. The second-order valence-electron chi connectivity index (χ2n) is 7.87. The Kier molecular flexibility index (Phi) is 9.85. The van der Waals surface area contributed by atoms with Gasteiger partial charge in [0.15, 0.2) is 0 Å². The van der Waals surface area contributed by atoms with E-state index in [1.165, 1.54) is 5.56 Å². The van der Waals surface area contributed by atoms with E-state index >= 15 is 0 Å². The molecule has 2 N–H and O–H groups in total. The van der Waals surface area contributed by atoms with Gasteiger partial charge < -0.3 is 15.1 Å². The van der Waals surface area contributed by atoms with E-state index in [0.717, 1.165) is 36.9 Å². The van der Waals surface area contributed by atoms with E-state index in [9.17, 15) is 31.1 Å². The average Bonchev–Trinajstić information content (AvgIpc) is 3.52. The monoisotopic (exact) mass is 561 g/mol. The number of alkyl halides is 6. The lowest BCUT2D eigenvalue weighted by molar-refractivity contribution is -0.193. The summed E-state index contributed by atoms with van der Waals surface area (Å²) >= 11 is 3.40. The number of thiazole rings is 1. The zero-order chi connectivity index (χ0) is 27.3. The Balaban J connectivity index is 0.000000271. The molecule has 2 aromatic rings. The summed E-state index contributed by atoms with van der Waals surface area (Å²) in [6.07, 6.45) is -10.2. The lowest BCUT2D eigenvalue weighted by Crippen LogP contribution is -2.32. The lowest BCUT2D eigenvalue weighted by atomic mass is 10.0. The molecule has 1 amide bonds. The molecule has 16 heteroatoms. The Hall–Kier alpha value is -2.72. The third-order valence-corrected chi connectivity index (χ3v) is 6.65. The Bertz CT molecular complexity index is 1020. The van der Waals surface area contributed by atoms with Gasteiger partial charge in [-0.05, 0) is 29.3 Å². The maximum Gasteiger partial charge on any atom is 0.490 e. The molecular formula is C20H21F6N3O5S2. The molecule has 0 radical (unpaired) electrons. The smallest absolute Gasteiger partial charge is 0.475 e. The molecule has 36 heavy (non-hydrogen) atoms. The number of halogens is 6. The summed E-state index contributed by atoms with van der Waals surface area (Å²) in [4.78, 5) is 39.3. The SMILES string of the molecule is Cc1nc(CN2C[C@@H]3CN(Cc4ccsc4)C[C@@H]3C2=O)cs1.O=C(O)C(F)(F)F.O=C(O)C(F)(F)F. The van der Waals surface area contributed by atoms with Crippen molar-refractivity contribution in [2.75, 3.05) is 19.6 Å². The largest absolute Gasteiger partial charge is 0.490 e. The minimum Gasteiger partial charge on any atom is -0.475 e. The normalized spacial score (nSPS) is 19.8. The Morgan fingerprint density at radius 3 is 2.03 bits per heavy atom. The second kappa shape index (κ2) is 12.0. The Morgan fingerprint density at radius 2 is 1.61 bits per heavy atom. The van der Waals surface area contributed by atoms with Crippen LogP contribution < -0.4 is 0 Å². The standard InChI is InChI=1S/C16H19N3OS2.2C2HF3O2/c1-11-17-14(10-22-11)7-19-6-13-5-18(8-15(13)16(19)20)4-12-2-3-21-9-12;2*3-2(4,5)1(6)7/h2-3,9-10,13,15H,4-8H2,1H3;2*(H,6,7)/t13-,15-;;/m0../s1. The number of carboxylic acid groups (broad SMARTS) is 2. The maximum atomic E-state index is 12.6. The zero-order valence-electron chi connectivity index (χ0n) is 18.5. The van der Waals surface area contributed by atoms with Crippen LogP contribution in [0.1, 0.15) is 16.3 Å². The van der Waals surface area contributed by atoms with Gasteiger partial charge in [0.25, 0.3) is 0 Å². The van der Waals surface area contributed by atoms with E-state index in [0.29, 0.717) is 18.4 Å². The van der Waals surface area contributed by atoms with Crippen molar-refractivity contribution >= 4 is 40.5 Å². The van der Waals surface area contributed by atoms with E-state index in [1.807, 2.05) is 11.8 Å². The van der Waals surface area contributed by atoms with Gasteiger partial charge in [-0.15, -0.1) is 11.3 Å². The number of amides is 1. The first kappa shape index (κ1) is 29.5. The number of likely N-dealkylation sites (tertiary alicyclic amines) is 2. The van der Waals surface area contributed by atoms with Gasteiger partial charge in [0, 0.05) is 37.5 Å². The van der Waals surface area contributed by atoms with Crippen molar-refractivity contribution < 1.29 is 50.9 Å². The van der Waals surface area contributed by atoms with E-state index in [1.54, 1.807) is 22.7 Å². The quantitative estimate of drug-likeness (QED) is 0.546. The van der Waals surface area contributed by atoms with Crippen LogP contribution in [0.5, 0.6) is 0 Å². The number of carbonyl (C=O) groups excluding carboxylic acids is 1. The third kappa shape index (κ3) is 8.74. The Labute approximate surface area is 208 Å². The highest BCUT2D eigenvalue weighted by molar-refractivity contribution is 7.09. The fourth-order valence-electron chi connectivity index (χ4n) is 3.62. The molecule has 0 saturated carbocycles. The molecule has 0 spiro atoms. The third-order valence-electron chi connectivity index (χ3n) is 5.09. The average molecular weight is 562 g/mol. The second-order valence-corrected chi connectivity index (χ2v) is 9.72. The molecule has 2 fully saturated rings. The molecular weight excluding hydrogens is 540 g/mol. The molecule has 4 heterocycles. The number of thiophene rings is 1. The Morgan fingerprint density at radius 1 is 1.03 bits per heavy atom. The number of carboxylic acids is 2. The van der Waals surface area contributed by atoms with Gasteiger partial charge in [0.1, 0.15) is 0 Å². The summed E-state index contributed by atoms with van der Waals surface area (Å²) in [6.45, 7) is 6.51. The van der Waals surface area contributed by atoms with Crippen LogP contribution in [0.25, 0.3) is 0 Å². The van der Waals surface area contributed by atoms with Crippen molar-refractivity contribution in [2.45, 2.75) is 32.4 Å². The fourth-order valence-corrected chi connectivity index (χ4v) is 4.89. The molecule has 0 bridgehead atoms. The molecule has 4 rings (SSSR count). The van der Waals surface area contributed by atoms with Gasteiger partial charge in [-0.25, -0.2) is 14.6 Å². The van der Waals surface area contributed by atoms with Crippen molar-refractivity contribution in [3.63, 3.8) is 0 Å². The van der Waals surface area contributed by atoms with Crippen LogP contribution in [0.15, 0.2) is 22.2 Å². The number of hydrogen-bond donors (Lipinski definition) is 2. The molecule has 200 valence electrons. The first-order valence-corrected chi connectivity index (χ1v) is 11.9. The highest BCUT2D eigenvalue weighted by Crippen LogP contribution is 2.34. The number of nitrogens with zero attached hydrogens (tertiary/aromatic N) is 3. The molecule has 2 aromatic heterocycles. The summed E-state index contributed by atoms with van der Waals surface area (Å²) in [5.41, 5.74) is 2.40. The minimum atomic E-state index is -5.08. The van der Waals surface area contributed by atoms with Crippen molar-refractivity contribution in [3.05, 3.63) is 38.5 Å². The number of fused-ring (bicyclic) bond motifs is 1. The number of aromatic nitrogens is 1. The summed E-state index contributed by atoms with van der Waals surface area (Å²) in [5, 5.41) is 21.7. The summed E-state index contributed by atoms with van der Waals surface area (Å²) < 4.78 is 63.5. The number of aryl methyl sites for hydroxylation is 1. The molecule has 0 unspecified atom stereocenters. The van der Waals surface area contributed by atoms with Gasteiger partial charge in [0.2, 0.25) is 5.91 Å². The van der Waals surface area contributed by atoms with Crippen LogP contribution in [-0.4, -0.2) is 74.8 Å². The first-order chi connectivity index (χ1) is 16.6. The van der Waals surface area contributed by atoms with Crippen molar-refractivity contribution in [1.29, 1.82) is 0 Å². The van der Waals surface area contributed by atoms with Crippen LogP contribution in [0, 0.1) is 18.8 Å². The highest BCUT2D eigenvalue weighted by atomic mass is 32.1. The predicted octanol–water partition coefficient (Wildman–Crippen LogP) is 3.87. The molecule has 2 aliphatic heterocycles. The van der Waals surface area contributed by atoms with Crippen LogP contribution in [0.2, 0.25) is 0 Å². The van der Waals surface area contributed by atoms with Crippen LogP contribution >= 0.6 is 22.7 Å². The van der Waals surface area contributed by atoms with Gasteiger partial charge >= 0.3 is 24.3 Å². The number of rotatable bonds is 4. The van der Waals surface area contributed by atoms with E-state index < -0.39 is 24.3 Å². The number of carbonyl (C=O) groups is 3. The summed E-state index contributed by atoms with van der Waals surface area (Å²) in [6, 6.07) is 2.18. The van der Waals surface area contributed by atoms with Crippen molar-refractivity contribution in [3.8, 4) is 0 Å². The van der Waals surface area contributed by atoms with E-state index in [2.05, 4.69) is 32.1 Å². The molecule has 2 saturated heterocycles. The van der Waals surface area contributed by atoms with Gasteiger partial charge in [-0.1, -0.05) is 0 Å². The number of hydrogen-bond acceptors (Lipinski definition) is 7. The van der Waals surface area contributed by atoms with Gasteiger partial charge in [-0.3, -0.25) is 9.69 Å². The predicted molar refractivity (Wildman–Crippen MR) is 116 cm³/mol. The molecule has 0 aliphatic carbocycles. The zero-order valence-corrected chi connectivity index (χ0v) is 20.2. The van der Waals surface area contributed by atoms with Crippen LogP contribution in [0.4, 0.5) is 26.3 Å². The van der Waals surface area contributed by atoms with E-state index in [-0.39, 0.29) is 5.92 Å². The lowest BCUT2D eigenvalue weighted by Gasteiger charge is -2.20. The van der Waals surface area contributed by atoms with Crippen molar-refractivity contribution in [1.82, 2.24) is 14.8 Å². The molecule has 8 nitrogen and oxygen atoms in total.